The van der Waals surface area contributed by atoms with Crippen LogP contribution in [0, 0.1) is 10.1 Å². The molecule has 2 aromatic rings. The molecule has 0 bridgehead atoms. The number of thioether (sulfide) groups is 1. The first-order chi connectivity index (χ1) is 12.5. The van der Waals surface area contributed by atoms with Gasteiger partial charge in [-0.2, -0.15) is 0 Å². The number of carbonyl (C=O) groups excluding carboxylic acids is 1. The minimum absolute atomic E-state index is 0.0821. The van der Waals surface area contributed by atoms with E-state index in [4.69, 9.17) is 16.6 Å². The predicted molar refractivity (Wildman–Crippen MR) is 103 cm³/mol. The number of piperazine rings is 1. The molecule has 7 nitrogen and oxygen atoms in total. The molecule has 0 radical (unpaired) electrons. The van der Waals surface area contributed by atoms with Gasteiger partial charge in [0.05, 0.1) is 11.2 Å². The Morgan fingerprint density at radius 3 is 2.38 bits per heavy atom. The monoisotopic (exact) mass is 391 g/mol. The van der Waals surface area contributed by atoms with Gasteiger partial charge in [0.15, 0.2) is 5.76 Å². The second kappa shape index (κ2) is 8.33. The number of amides is 1. The van der Waals surface area contributed by atoms with Gasteiger partial charge in [0.2, 0.25) is 0 Å². The number of rotatable bonds is 4. The topological polar surface area (TPSA) is 79.8 Å². The van der Waals surface area contributed by atoms with E-state index < -0.39 is 4.92 Å². The second-order valence-corrected chi connectivity index (χ2v) is 7.34. The third-order valence-electron chi connectivity index (χ3n) is 4.07. The lowest BCUT2D eigenvalue weighted by Crippen LogP contribution is -2.49. The van der Waals surface area contributed by atoms with Crippen LogP contribution in [-0.2, 0) is 5.75 Å². The van der Waals surface area contributed by atoms with Crippen LogP contribution in [0.1, 0.15) is 16.1 Å². The minimum atomic E-state index is -0.412. The molecule has 0 saturated carbocycles. The Balaban J connectivity index is 1.46. The lowest BCUT2D eigenvalue weighted by molar-refractivity contribution is -0.384. The third kappa shape index (κ3) is 4.41. The lowest BCUT2D eigenvalue weighted by Gasteiger charge is -2.35. The zero-order chi connectivity index (χ0) is 18.5. The van der Waals surface area contributed by atoms with Gasteiger partial charge in [0.1, 0.15) is 4.32 Å². The number of nitro benzene ring substituents is 1. The largest absolute Gasteiger partial charge is 0.459 e. The average Bonchev–Trinajstić information content (AvgIpc) is 3.20. The van der Waals surface area contributed by atoms with Gasteiger partial charge < -0.3 is 14.2 Å². The van der Waals surface area contributed by atoms with Crippen LogP contribution in [0.15, 0.2) is 47.1 Å². The maximum Gasteiger partial charge on any atom is 0.289 e. The van der Waals surface area contributed by atoms with Crippen LogP contribution in [-0.4, -0.2) is 51.1 Å². The van der Waals surface area contributed by atoms with E-state index in [2.05, 4.69) is 4.90 Å². The summed E-state index contributed by atoms with van der Waals surface area (Å²) in [5.41, 5.74) is 1.06. The van der Waals surface area contributed by atoms with Crippen LogP contribution in [0.2, 0.25) is 0 Å². The fraction of sp³-hybridized carbons (Fsp3) is 0.294. The highest BCUT2D eigenvalue weighted by Gasteiger charge is 2.24. The molecule has 9 heteroatoms. The maximum absolute atomic E-state index is 12.3. The van der Waals surface area contributed by atoms with Crippen LogP contribution >= 0.6 is 24.0 Å². The van der Waals surface area contributed by atoms with Gasteiger partial charge in [-0.3, -0.25) is 14.9 Å². The van der Waals surface area contributed by atoms with Crippen LogP contribution < -0.4 is 0 Å². The summed E-state index contributed by atoms with van der Waals surface area (Å²) < 4.78 is 5.93. The van der Waals surface area contributed by atoms with Gasteiger partial charge in [-0.15, -0.1) is 0 Å². The van der Waals surface area contributed by atoms with Crippen molar-refractivity contribution in [1.29, 1.82) is 0 Å². The van der Waals surface area contributed by atoms with Crippen molar-refractivity contribution in [2.45, 2.75) is 5.75 Å². The lowest BCUT2D eigenvalue weighted by atomic mass is 10.2. The number of non-ortho nitro benzene ring substituents is 1. The molecule has 0 unspecified atom stereocenters. The SMILES string of the molecule is O=C(c1ccco1)N1CCN(C(=S)SCc2ccc([N+](=O)[O-])cc2)CC1. The fourth-order valence-electron chi connectivity index (χ4n) is 2.60. The summed E-state index contributed by atoms with van der Waals surface area (Å²) in [6, 6.07) is 9.85. The van der Waals surface area contributed by atoms with Gasteiger partial charge in [0.25, 0.3) is 11.6 Å². The number of carbonyl (C=O) groups is 1. The van der Waals surface area contributed by atoms with E-state index in [1.54, 1.807) is 29.2 Å². The highest BCUT2D eigenvalue weighted by Crippen LogP contribution is 2.20. The highest BCUT2D eigenvalue weighted by atomic mass is 32.2. The number of benzene rings is 1. The molecule has 0 atom stereocenters. The molecule has 1 saturated heterocycles. The van der Waals surface area contributed by atoms with Crippen molar-refractivity contribution in [1.82, 2.24) is 9.80 Å². The number of nitro groups is 1. The molecule has 136 valence electrons. The molecule has 2 heterocycles. The third-order valence-corrected chi connectivity index (χ3v) is 5.66. The van der Waals surface area contributed by atoms with E-state index in [0.717, 1.165) is 9.88 Å². The summed E-state index contributed by atoms with van der Waals surface area (Å²) in [7, 11) is 0. The Bertz CT molecular complexity index is 785. The Morgan fingerprint density at radius 2 is 1.81 bits per heavy atom. The summed E-state index contributed by atoms with van der Waals surface area (Å²) in [4.78, 5) is 26.4. The quantitative estimate of drug-likeness (QED) is 0.450. The first-order valence-electron chi connectivity index (χ1n) is 8.02. The van der Waals surface area contributed by atoms with Crippen molar-refractivity contribution >= 4 is 39.9 Å². The zero-order valence-corrected chi connectivity index (χ0v) is 15.5. The predicted octanol–water partition coefficient (Wildman–Crippen LogP) is 3.16. The minimum Gasteiger partial charge on any atom is -0.459 e. The van der Waals surface area contributed by atoms with E-state index in [9.17, 15) is 14.9 Å². The van der Waals surface area contributed by atoms with Crippen LogP contribution in [0.25, 0.3) is 0 Å². The highest BCUT2D eigenvalue weighted by molar-refractivity contribution is 8.22. The molecule has 1 aromatic heterocycles. The van der Waals surface area contributed by atoms with Crippen LogP contribution in [0.5, 0.6) is 0 Å². The van der Waals surface area contributed by atoms with Crippen molar-refractivity contribution < 1.29 is 14.1 Å². The van der Waals surface area contributed by atoms with Crippen molar-refractivity contribution in [3.63, 3.8) is 0 Å². The average molecular weight is 391 g/mol. The van der Waals surface area contributed by atoms with Gasteiger partial charge in [0, 0.05) is 44.1 Å². The maximum atomic E-state index is 12.3. The number of nitrogens with zero attached hydrogens (tertiary/aromatic N) is 3. The van der Waals surface area contributed by atoms with Crippen LogP contribution in [0.4, 0.5) is 5.69 Å². The number of thiocarbonyl (C=S) groups is 1. The number of hydrogen-bond acceptors (Lipinski definition) is 6. The van der Waals surface area contributed by atoms with Gasteiger partial charge >= 0.3 is 0 Å². The molecule has 3 rings (SSSR count). The molecule has 1 fully saturated rings. The summed E-state index contributed by atoms with van der Waals surface area (Å²) in [6.45, 7) is 2.55. The molecule has 0 aliphatic carbocycles. The smallest absolute Gasteiger partial charge is 0.289 e. The number of furan rings is 1. The van der Waals surface area contributed by atoms with Gasteiger partial charge in [-0.05, 0) is 17.7 Å². The molecule has 1 amide bonds. The molecule has 1 aliphatic rings. The van der Waals surface area contributed by atoms with E-state index in [1.807, 2.05) is 0 Å². The first kappa shape index (κ1) is 18.4. The van der Waals surface area contributed by atoms with Crippen molar-refractivity contribution in [3.05, 3.63) is 64.1 Å². The summed E-state index contributed by atoms with van der Waals surface area (Å²) in [6.07, 6.45) is 1.49. The molecule has 26 heavy (non-hydrogen) atoms. The van der Waals surface area contributed by atoms with Gasteiger partial charge in [-0.1, -0.05) is 36.1 Å². The van der Waals surface area contributed by atoms with Crippen molar-refractivity contribution in [2.24, 2.45) is 0 Å². The van der Waals surface area contributed by atoms with E-state index >= 15 is 0 Å². The molecule has 1 aromatic carbocycles. The van der Waals surface area contributed by atoms with Crippen molar-refractivity contribution in [2.75, 3.05) is 26.2 Å². The Hall–Kier alpha value is -2.39. The fourth-order valence-corrected chi connectivity index (χ4v) is 3.81. The second-order valence-electron chi connectivity index (χ2n) is 5.73. The molecule has 1 aliphatic heterocycles. The summed E-state index contributed by atoms with van der Waals surface area (Å²) in [5.74, 6) is 0.912. The zero-order valence-electron chi connectivity index (χ0n) is 13.9. The summed E-state index contributed by atoms with van der Waals surface area (Å²) >= 11 is 7.01. The Kier molecular flexibility index (Phi) is 5.89. The summed E-state index contributed by atoms with van der Waals surface area (Å²) in [5, 5.41) is 10.7. The molecular formula is C17H17N3O4S2. The van der Waals surface area contributed by atoms with Gasteiger partial charge in [-0.25, -0.2) is 0 Å². The Labute approximate surface area is 160 Å². The standard InChI is InChI=1S/C17H17N3O4S2/c21-16(15-2-1-11-24-15)18-7-9-19(10-8-18)17(25)26-12-13-3-5-14(6-4-13)20(22)23/h1-6,11H,7-10,12H2. The Morgan fingerprint density at radius 1 is 1.15 bits per heavy atom. The van der Waals surface area contributed by atoms with Crippen LogP contribution in [0.3, 0.4) is 0 Å². The van der Waals surface area contributed by atoms with E-state index in [0.29, 0.717) is 37.7 Å². The molecular weight excluding hydrogens is 374 g/mol. The molecule has 0 N–H and O–H groups in total. The normalized spacial score (nSPS) is 14.3. The molecule has 0 spiro atoms. The van der Waals surface area contributed by atoms with E-state index in [-0.39, 0.29) is 11.6 Å². The first-order valence-corrected chi connectivity index (χ1v) is 9.42. The van der Waals surface area contributed by atoms with Crippen molar-refractivity contribution in [3.8, 4) is 0 Å². The van der Waals surface area contributed by atoms with E-state index in [1.165, 1.54) is 30.2 Å². The number of hydrogen-bond donors (Lipinski definition) is 0.